The molecule has 0 unspecified atom stereocenters. The van der Waals surface area contributed by atoms with Crippen LogP contribution in [0.1, 0.15) is 5.82 Å². The molecule has 0 aliphatic heterocycles. The molecule has 0 atom stereocenters. The third-order valence-electron chi connectivity index (χ3n) is 2.66. The maximum Gasteiger partial charge on any atom is 0.146 e. The second kappa shape index (κ2) is 5.11. The van der Waals surface area contributed by atoms with Crippen LogP contribution >= 0.6 is 23.2 Å². The number of rotatable bonds is 3. The highest BCUT2D eigenvalue weighted by Gasteiger charge is 2.04. The Bertz CT molecular complexity index is 724. The van der Waals surface area contributed by atoms with Gasteiger partial charge in [-0.1, -0.05) is 29.3 Å². The van der Waals surface area contributed by atoms with E-state index in [1.807, 2.05) is 30.3 Å². The van der Waals surface area contributed by atoms with E-state index in [-0.39, 0.29) is 0 Å². The molecule has 0 saturated heterocycles. The molecule has 0 fully saturated rings. The Labute approximate surface area is 120 Å². The minimum atomic E-state index is 0.354. The van der Waals surface area contributed by atoms with Crippen molar-refractivity contribution in [3.8, 4) is 5.75 Å². The van der Waals surface area contributed by atoms with Crippen molar-refractivity contribution >= 4 is 34.2 Å². The molecule has 1 aromatic heterocycles. The lowest BCUT2D eigenvalue weighted by atomic mass is 10.3. The second-order valence-electron chi connectivity index (χ2n) is 4.09. The molecular weight excluding hydrogens is 283 g/mol. The fraction of sp³-hybridized carbons (Fsp3) is 0.0714. The van der Waals surface area contributed by atoms with E-state index in [2.05, 4.69) is 9.97 Å². The Morgan fingerprint density at radius 1 is 1.05 bits per heavy atom. The predicted molar refractivity (Wildman–Crippen MR) is 76.9 cm³/mol. The zero-order valence-corrected chi connectivity index (χ0v) is 11.4. The molecule has 3 rings (SSSR count). The van der Waals surface area contributed by atoms with Crippen LogP contribution in [0.2, 0.25) is 10.0 Å². The zero-order chi connectivity index (χ0) is 13.2. The Morgan fingerprint density at radius 3 is 2.74 bits per heavy atom. The standard InChI is InChI=1S/C14H10Cl2N2O/c15-9-2-1-3-11(6-9)19-8-14-17-12-5-4-10(16)7-13(12)18-14/h1-7H,8H2,(H,17,18). The number of fused-ring (bicyclic) bond motifs is 1. The molecule has 2 aromatic carbocycles. The topological polar surface area (TPSA) is 37.9 Å². The van der Waals surface area contributed by atoms with Crippen LogP contribution in [0.25, 0.3) is 11.0 Å². The van der Waals surface area contributed by atoms with E-state index in [9.17, 15) is 0 Å². The summed E-state index contributed by atoms with van der Waals surface area (Å²) in [6, 6.07) is 12.8. The molecule has 0 aliphatic carbocycles. The lowest BCUT2D eigenvalue weighted by Crippen LogP contribution is -1.97. The largest absolute Gasteiger partial charge is 0.486 e. The zero-order valence-electron chi connectivity index (χ0n) is 9.86. The van der Waals surface area contributed by atoms with Crippen LogP contribution in [0, 0.1) is 0 Å². The summed E-state index contributed by atoms with van der Waals surface area (Å²) in [6.07, 6.45) is 0. The first-order valence-corrected chi connectivity index (χ1v) is 6.49. The van der Waals surface area contributed by atoms with E-state index in [0.29, 0.717) is 22.4 Å². The normalized spacial score (nSPS) is 10.8. The summed E-state index contributed by atoms with van der Waals surface area (Å²) >= 11 is 11.8. The third kappa shape index (κ3) is 2.83. The highest BCUT2D eigenvalue weighted by molar-refractivity contribution is 6.31. The number of benzene rings is 2. The van der Waals surface area contributed by atoms with Gasteiger partial charge in [-0.3, -0.25) is 0 Å². The number of halogens is 2. The average Bonchev–Trinajstić information content (AvgIpc) is 2.78. The number of hydrogen-bond acceptors (Lipinski definition) is 2. The van der Waals surface area contributed by atoms with E-state index < -0.39 is 0 Å². The predicted octanol–water partition coefficient (Wildman–Crippen LogP) is 4.45. The highest BCUT2D eigenvalue weighted by Crippen LogP contribution is 2.20. The molecule has 96 valence electrons. The molecule has 0 saturated carbocycles. The molecule has 0 bridgehead atoms. The van der Waals surface area contributed by atoms with Gasteiger partial charge in [-0.25, -0.2) is 4.98 Å². The van der Waals surface area contributed by atoms with Gasteiger partial charge in [0.2, 0.25) is 0 Å². The fourth-order valence-corrected chi connectivity index (χ4v) is 2.16. The van der Waals surface area contributed by atoms with Crippen LogP contribution in [0.5, 0.6) is 5.75 Å². The van der Waals surface area contributed by atoms with Crippen molar-refractivity contribution in [2.45, 2.75) is 6.61 Å². The molecule has 3 nitrogen and oxygen atoms in total. The Hall–Kier alpha value is -1.71. The van der Waals surface area contributed by atoms with Gasteiger partial charge in [-0.05, 0) is 36.4 Å². The number of nitrogens with one attached hydrogen (secondary N) is 1. The number of ether oxygens (including phenoxy) is 1. The second-order valence-corrected chi connectivity index (χ2v) is 4.96. The quantitative estimate of drug-likeness (QED) is 0.774. The van der Waals surface area contributed by atoms with Crippen LogP contribution in [0.4, 0.5) is 0 Å². The minimum Gasteiger partial charge on any atom is -0.486 e. The lowest BCUT2D eigenvalue weighted by Gasteiger charge is -2.03. The van der Waals surface area contributed by atoms with Gasteiger partial charge in [0.15, 0.2) is 0 Å². The maximum absolute atomic E-state index is 5.92. The van der Waals surface area contributed by atoms with Crippen molar-refractivity contribution in [1.29, 1.82) is 0 Å². The van der Waals surface area contributed by atoms with Crippen LogP contribution in [0.3, 0.4) is 0 Å². The molecule has 0 spiro atoms. The van der Waals surface area contributed by atoms with Crippen LogP contribution in [0.15, 0.2) is 42.5 Å². The van der Waals surface area contributed by atoms with Crippen LogP contribution in [-0.4, -0.2) is 9.97 Å². The molecule has 1 heterocycles. The van der Waals surface area contributed by atoms with Gasteiger partial charge in [0, 0.05) is 10.0 Å². The van der Waals surface area contributed by atoms with Crippen molar-refractivity contribution in [2.24, 2.45) is 0 Å². The number of nitrogens with zero attached hydrogens (tertiary/aromatic N) is 1. The van der Waals surface area contributed by atoms with Crippen LogP contribution in [-0.2, 0) is 6.61 Å². The Balaban J connectivity index is 1.78. The van der Waals surface area contributed by atoms with Gasteiger partial charge in [0.25, 0.3) is 0 Å². The van der Waals surface area contributed by atoms with Crippen molar-refractivity contribution < 1.29 is 4.74 Å². The molecule has 19 heavy (non-hydrogen) atoms. The maximum atomic E-state index is 5.92. The Morgan fingerprint density at radius 2 is 1.89 bits per heavy atom. The van der Waals surface area contributed by atoms with Crippen molar-refractivity contribution in [1.82, 2.24) is 9.97 Å². The summed E-state index contributed by atoms with van der Waals surface area (Å²) in [4.78, 5) is 7.59. The number of hydrogen-bond donors (Lipinski definition) is 1. The van der Waals surface area contributed by atoms with Crippen molar-refractivity contribution in [3.63, 3.8) is 0 Å². The monoisotopic (exact) mass is 292 g/mol. The van der Waals surface area contributed by atoms with Gasteiger partial charge >= 0.3 is 0 Å². The molecule has 3 aromatic rings. The first kappa shape index (κ1) is 12.3. The molecule has 5 heteroatoms. The summed E-state index contributed by atoms with van der Waals surface area (Å²) < 4.78 is 5.62. The number of H-pyrrole nitrogens is 1. The Kier molecular flexibility index (Phi) is 3.32. The van der Waals surface area contributed by atoms with Gasteiger partial charge in [-0.2, -0.15) is 0 Å². The number of aromatic nitrogens is 2. The first-order valence-electron chi connectivity index (χ1n) is 5.73. The van der Waals surface area contributed by atoms with E-state index in [0.717, 1.165) is 16.9 Å². The first-order chi connectivity index (χ1) is 9.20. The summed E-state index contributed by atoms with van der Waals surface area (Å²) in [5.74, 6) is 1.46. The SMILES string of the molecule is Clc1cccc(OCc2nc3ccc(Cl)cc3[nH]2)c1. The van der Waals surface area contributed by atoms with Gasteiger partial charge < -0.3 is 9.72 Å². The lowest BCUT2D eigenvalue weighted by molar-refractivity contribution is 0.297. The summed E-state index contributed by atoms with van der Waals surface area (Å²) in [7, 11) is 0. The average molecular weight is 293 g/mol. The fourth-order valence-electron chi connectivity index (χ4n) is 1.81. The van der Waals surface area contributed by atoms with E-state index in [4.69, 9.17) is 27.9 Å². The summed E-state index contributed by atoms with van der Waals surface area (Å²) in [5.41, 5.74) is 1.77. The van der Waals surface area contributed by atoms with Gasteiger partial charge in [-0.15, -0.1) is 0 Å². The third-order valence-corrected chi connectivity index (χ3v) is 3.13. The van der Waals surface area contributed by atoms with E-state index in [1.54, 1.807) is 12.1 Å². The molecular formula is C14H10Cl2N2O. The van der Waals surface area contributed by atoms with E-state index in [1.165, 1.54) is 0 Å². The van der Waals surface area contributed by atoms with Gasteiger partial charge in [0.05, 0.1) is 11.0 Å². The summed E-state index contributed by atoms with van der Waals surface area (Å²) in [6.45, 7) is 0.354. The number of imidazole rings is 1. The smallest absolute Gasteiger partial charge is 0.146 e. The summed E-state index contributed by atoms with van der Waals surface area (Å²) in [5, 5.41) is 1.33. The van der Waals surface area contributed by atoms with Crippen molar-refractivity contribution in [3.05, 3.63) is 58.3 Å². The molecule has 0 amide bonds. The molecule has 0 aliphatic rings. The van der Waals surface area contributed by atoms with Crippen molar-refractivity contribution in [2.75, 3.05) is 0 Å². The minimum absolute atomic E-state index is 0.354. The van der Waals surface area contributed by atoms with Crippen LogP contribution < -0.4 is 4.74 Å². The molecule has 1 N–H and O–H groups in total. The number of aromatic amines is 1. The van der Waals surface area contributed by atoms with E-state index >= 15 is 0 Å². The molecule has 0 radical (unpaired) electrons. The highest BCUT2D eigenvalue weighted by atomic mass is 35.5. The van der Waals surface area contributed by atoms with Gasteiger partial charge in [0.1, 0.15) is 18.2 Å².